The summed E-state index contributed by atoms with van der Waals surface area (Å²) in [7, 11) is 0. The van der Waals surface area contributed by atoms with E-state index in [0.29, 0.717) is 28.6 Å². The minimum absolute atomic E-state index is 0.00812. The van der Waals surface area contributed by atoms with Gasteiger partial charge in [-0.3, -0.25) is 0 Å². The summed E-state index contributed by atoms with van der Waals surface area (Å²) in [6, 6.07) is 0. The molecule has 0 heterocycles. The highest BCUT2D eigenvalue weighted by Crippen LogP contribution is 2.75. The minimum atomic E-state index is -0.643. The van der Waals surface area contributed by atoms with Crippen LogP contribution in [0.15, 0.2) is 11.6 Å². The first kappa shape index (κ1) is 25.7. The minimum Gasteiger partial charge on any atom is -0.393 e. The molecule has 0 aromatic carbocycles. The molecule has 0 spiro atoms. The van der Waals surface area contributed by atoms with Crippen molar-refractivity contribution in [2.75, 3.05) is 6.61 Å². The van der Waals surface area contributed by atoms with Gasteiger partial charge < -0.3 is 15.3 Å². The van der Waals surface area contributed by atoms with E-state index in [0.717, 1.165) is 37.2 Å². The fourth-order valence-electron chi connectivity index (χ4n) is 10.3. The maximum atomic E-state index is 11.6. The highest BCUT2D eigenvalue weighted by atomic mass is 16.3. The topological polar surface area (TPSA) is 60.7 Å². The predicted octanol–water partition coefficient (Wildman–Crippen LogP) is 6.50. The monoisotopic (exact) mass is 460 g/mol. The Morgan fingerprint density at radius 3 is 2.24 bits per heavy atom. The molecule has 3 heteroatoms. The van der Waals surface area contributed by atoms with Crippen LogP contribution in [0.1, 0.15) is 113 Å². The van der Waals surface area contributed by atoms with Gasteiger partial charge in [0.15, 0.2) is 0 Å². The zero-order valence-corrected chi connectivity index (χ0v) is 22.6. The molecule has 9 atom stereocenters. The summed E-state index contributed by atoms with van der Waals surface area (Å²) in [6.07, 6.45) is 13.1. The Hall–Kier alpha value is -0.380. The SMILES string of the molecule is CC(=CCCC(C)(O)C1CCC2(C)C1CCC1C3(C)CCC(O)C(C)(C)C3CCC12C)CO. The fourth-order valence-corrected chi connectivity index (χ4v) is 10.3. The Morgan fingerprint density at radius 1 is 0.909 bits per heavy atom. The molecular formula is C30H52O3. The molecule has 4 rings (SSSR count). The fraction of sp³-hybridized carbons (Fsp3) is 0.933. The molecule has 4 fully saturated rings. The van der Waals surface area contributed by atoms with Gasteiger partial charge in [-0.25, -0.2) is 0 Å². The number of hydrogen-bond acceptors (Lipinski definition) is 3. The van der Waals surface area contributed by atoms with Crippen molar-refractivity contribution in [3.8, 4) is 0 Å². The Labute approximate surface area is 203 Å². The highest BCUT2D eigenvalue weighted by molar-refractivity contribution is 5.18. The Kier molecular flexibility index (Phi) is 6.50. The zero-order valence-electron chi connectivity index (χ0n) is 22.6. The van der Waals surface area contributed by atoms with Crippen molar-refractivity contribution in [3.05, 3.63) is 11.6 Å². The molecule has 0 amide bonds. The molecule has 33 heavy (non-hydrogen) atoms. The van der Waals surface area contributed by atoms with E-state index in [4.69, 9.17) is 0 Å². The second-order valence-corrected chi connectivity index (χ2v) is 14.3. The third kappa shape index (κ3) is 3.70. The van der Waals surface area contributed by atoms with Crippen LogP contribution in [0.3, 0.4) is 0 Å². The van der Waals surface area contributed by atoms with E-state index in [9.17, 15) is 15.3 Å². The van der Waals surface area contributed by atoms with Crippen LogP contribution in [0.4, 0.5) is 0 Å². The normalized spacial score (nSPS) is 49.0. The quantitative estimate of drug-likeness (QED) is 0.410. The lowest BCUT2D eigenvalue weighted by atomic mass is 9.35. The highest BCUT2D eigenvalue weighted by Gasteiger charge is 2.69. The molecule has 9 unspecified atom stereocenters. The summed E-state index contributed by atoms with van der Waals surface area (Å²) in [5.74, 6) is 2.29. The molecular weight excluding hydrogens is 408 g/mol. The Balaban J connectivity index is 1.59. The van der Waals surface area contributed by atoms with E-state index in [2.05, 4.69) is 47.6 Å². The summed E-state index contributed by atoms with van der Waals surface area (Å²) in [6.45, 7) is 16.6. The average Bonchev–Trinajstić information content (AvgIpc) is 3.10. The van der Waals surface area contributed by atoms with Crippen LogP contribution in [0.25, 0.3) is 0 Å². The van der Waals surface area contributed by atoms with Gasteiger partial charge in [-0.1, -0.05) is 46.3 Å². The first-order valence-electron chi connectivity index (χ1n) is 13.9. The van der Waals surface area contributed by atoms with Gasteiger partial charge in [0.05, 0.1) is 18.3 Å². The molecule has 0 aliphatic heterocycles. The van der Waals surface area contributed by atoms with Crippen molar-refractivity contribution in [3.63, 3.8) is 0 Å². The number of hydrogen-bond donors (Lipinski definition) is 3. The van der Waals surface area contributed by atoms with Crippen LogP contribution in [-0.2, 0) is 0 Å². The van der Waals surface area contributed by atoms with Gasteiger partial charge in [0.2, 0.25) is 0 Å². The summed E-state index contributed by atoms with van der Waals surface area (Å²) < 4.78 is 0. The Bertz CT molecular complexity index is 769. The van der Waals surface area contributed by atoms with Crippen LogP contribution < -0.4 is 0 Å². The lowest BCUT2D eigenvalue weighted by Crippen LogP contribution is -2.64. The van der Waals surface area contributed by atoms with E-state index >= 15 is 0 Å². The van der Waals surface area contributed by atoms with Gasteiger partial charge in [0.1, 0.15) is 0 Å². The smallest absolute Gasteiger partial charge is 0.0653 e. The summed E-state index contributed by atoms with van der Waals surface area (Å²) >= 11 is 0. The van der Waals surface area contributed by atoms with E-state index in [1.165, 1.54) is 38.5 Å². The van der Waals surface area contributed by atoms with Gasteiger partial charge in [-0.15, -0.1) is 0 Å². The molecule has 0 radical (unpaired) electrons. The molecule has 4 aliphatic carbocycles. The molecule has 3 nitrogen and oxygen atoms in total. The van der Waals surface area contributed by atoms with Gasteiger partial charge in [-0.05, 0) is 123 Å². The van der Waals surface area contributed by atoms with E-state index in [1.807, 2.05) is 6.92 Å². The first-order chi connectivity index (χ1) is 15.2. The third-order valence-corrected chi connectivity index (χ3v) is 12.6. The molecule has 0 aromatic rings. The number of aliphatic hydroxyl groups is 3. The van der Waals surface area contributed by atoms with Crippen molar-refractivity contribution in [2.24, 2.45) is 45.3 Å². The predicted molar refractivity (Wildman–Crippen MR) is 136 cm³/mol. The Morgan fingerprint density at radius 2 is 1.58 bits per heavy atom. The molecule has 0 bridgehead atoms. The number of rotatable bonds is 5. The number of aliphatic hydroxyl groups excluding tert-OH is 2. The van der Waals surface area contributed by atoms with Crippen molar-refractivity contribution in [1.29, 1.82) is 0 Å². The molecule has 0 aromatic heterocycles. The average molecular weight is 461 g/mol. The van der Waals surface area contributed by atoms with Crippen LogP contribution in [0.2, 0.25) is 0 Å². The molecule has 190 valence electrons. The van der Waals surface area contributed by atoms with Crippen molar-refractivity contribution < 1.29 is 15.3 Å². The lowest BCUT2D eigenvalue weighted by molar-refractivity contribution is -0.225. The van der Waals surface area contributed by atoms with E-state index < -0.39 is 5.60 Å². The van der Waals surface area contributed by atoms with Gasteiger partial charge in [0, 0.05) is 0 Å². The number of allylic oxidation sites excluding steroid dienone is 1. The van der Waals surface area contributed by atoms with Crippen molar-refractivity contribution in [1.82, 2.24) is 0 Å². The summed E-state index contributed by atoms with van der Waals surface area (Å²) in [5, 5.41) is 31.8. The zero-order chi connectivity index (χ0) is 24.4. The maximum Gasteiger partial charge on any atom is 0.0653 e. The van der Waals surface area contributed by atoms with Crippen LogP contribution in [0.5, 0.6) is 0 Å². The lowest BCUT2D eigenvalue weighted by Gasteiger charge is -2.70. The molecule has 4 saturated carbocycles. The first-order valence-corrected chi connectivity index (χ1v) is 13.9. The third-order valence-electron chi connectivity index (χ3n) is 12.6. The van der Waals surface area contributed by atoms with Gasteiger partial charge >= 0.3 is 0 Å². The molecule has 0 saturated heterocycles. The summed E-state index contributed by atoms with van der Waals surface area (Å²) in [5.41, 5.74) is 1.29. The molecule has 3 N–H and O–H groups in total. The second kappa shape index (κ2) is 8.34. The largest absolute Gasteiger partial charge is 0.393 e. The van der Waals surface area contributed by atoms with Gasteiger partial charge in [0.25, 0.3) is 0 Å². The van der Waals surface area contributed by atoms with Gasteiger partial charge in [-0.2, -0.15) is 0 Å². The van der Waals surface area contributed by atoms with Crippen LogP contribution >= 0.6 is 0 Å². The van der Waals surface area contributed by atoms with Crippen molar-refractivity contribution >= 4 is 0 Å². The second-order valence-electron chi connectivity index (χ2n) is 14.3. The van der Waals surface area contributed by atoms with Crippen molar-refractivity contribution in [2.45, 2.75) is 124 Å². The van der Waals surface area contributed by atoms with E-state index in [1.54, 1.807) is 0 Å². The molecule has 4 aliphatic rings. The standard InChI is InChI=1S/C30H52O3/c1-20(19-31)9-8-15-30(7,33)22-12-17-28(5)21(22)10-11-24-27(4)16-14-25(32)26(2,3)23(27)13-18-29(24,28)6/h9,21-25,31-33H,8,10-19H2,1-7H3. The van der Waals surface area contributed by atoms with Crippen LogP contribution in [-0.4, -0.2) is 33.6 Å². The van der Waals surface area contributed by atoms with E-state index in [-0.39, 0.29) is 23.5 Å². The van der Waals surface area contributed by atoms with Crippen LogP contribution in [0, 0.1) is 45.3 Å². The number of fused-ring (bicyclic) bond motifs is 5. The maximum absolute atomic E-state index is 11.6. The summed E-state index contributed by atoms with van der Waals surface area (Å²) in [4.78, 5) is 0.